The van der Waals surface area contributed by atoms with E-state index < -0.39 is 35.5 Å². The van der Waals surface area contributed by atoms with Crippen LogP contribution in [0, 0.1) is 23.1 Å². The number of hydrogen-bond donors (Lipinski definition) is 1. The van der Waals surface area contributed by atoms with Gasteiger partial charge in [0.2, 0.25) is 5.91 Å². The van der Waals surface area contributed by atoms with Gasteiger partial charge in [-0.05, 0) is 88.6 Å². The lowest BCUT2D eigenvalue weighted by atomic mass is 9.97. The van der Waals surface area contributed by atoms with Gasteiger partial charge in [0, 0.05) is 30.3 Å². The van der Waals surface area contributed by atoms with Crippen molar-refractivity contribution in [1.29, 1.82) is 5.26 Å². The number of halogens is 1. The first-order valence-electron chi connectivity index (χ1n) is 16.5. The van der Waals surface area contributed by atoms with Gasteiger partial charge in [-0.2, -0.15) is 5.26 Å². The van der Waals surface area contributed by atoms with Crippen LogP contribution in [0.4, 0.5) is 9.18 Å². The second-order valence-electron chi connectivity index (χ2n) is 13.9. The molecule has 2 bridgehead atoms. The molecule has 3 aliphatic heterocycles. The van der Waals surface area contributed by atoms with Crippen molar-refractivity contribution < 1.29 is 28.2 Å². The molecular formula is C35H44FN5O5. The number of carbonyl (C=O) groups excluding carboxylic acids is 2. The minimum Gasteiger partial charge on any atom is -0.444 e. The van der Waals surface area contributed by atoms with Gasteiger partial charge in [-0.1, -0.05) is 18.2 Å². The average Bonchev–Trinajstić information content (AvgIpc) is 3.61. The van der Waals surface area contributed by atoms with Crippen molar-refractivity contribution in [1.82, 2.24) is 20.1 Å². The zero-order valence-electron chi connectivity index (χ0n) is 27.0. The van der Waals surface area contributed by atoms with E-state index in [0.717, 1.165) is 69.7 Å². The number of nitrogens with zero attached hydrogens (tertiary/aromatic N) is 4. The fraction of sp³-hybridized carbons (Fsp3) is 0.600. The summed E-state index contributed by atoms with van der Waals surface area (Å²) in [4.78, 5) is 35.3. The second kappa shape index (κ2) is 13.6. The first kappa shape index (κ1) is 32.4. The summed E-state index contributed by atoms with van der Waals surface area (Å²) < 4.78 is 32.4. The van der Waals surface area contributed by atoms with Crippen molar-refractivity contribution in [2.24, 2.45) is 5.92 Å². The van der Waals surface area contributed by atoms with E-state index >= 15 is 4.39 Å². The monoisotopic (exact) mass is 633 g/mol. The summed E-state index contributed by atoms with van der Waals surface area (Å²) in [5, 5.41) is 12.7. The fourth-order valence-corrected chi connectivity index (χ4v) is 7.14. The van der Waals surface area contributed by atoms with E-state index in [9.17, 15) is 14.9 Å². The van der Waals surface area contributed by atoms with Gasteiger partial charge in [-0.15, -0.1) is 0 Å². The second-order valence-corrected chi connectivity index (χ2v) is 13.9. The van der Waals surface area contributed by atoms with E-state index in [1.54, 1.807) is 37.8 Å². The van der Waals surface area contributed by atoms with E-state index in [1.807, 2.05) is 12.1 Å². The average molecular weight is 634 g/mol. The van der Waals surface area contributed by atoms with E-state index in [-0.39, 0.29) is 18.4 Å². The number of piperidine rings is 1. The Morgan fingerprint density at radius 1 is 1.15 bits per heavy atom. The Morgan fingerprint density at radius 3 is 2.70 bits per heavy atom. The Morgan fingerprint density at radius 2 is 1.98 bits per heavy atom. The van der Waals surface area contributed by atoms with Crippen molar-refractivity contribution >= 4 is 12.0 Å². The zero-order valence-corrected chi connectivity index (χ0v) is 27.0. The largest absolute Gasteiger partial charge is 0.444 e. The molecule has 11 heteroatoms. The molecule has 0 spiro atoms. The molecule has 0 radical (unpaired) electrons. The number of aryl methyl sites for hydroxylation is 1. The number of pyridine rings is 1. The van der Waals surface area contributed by atoms with E-state index in [1.165, 1.54) is 6.07 Å². The van der Waals surface area contributed by atoms with E-state index in [4.69, 9.17) is 19.2 Å². The molecule has 1 saturated carbocycles. The molecule has 3 fully saturated rings. The molecule has 1 aromatic heterocycles. The van der Waals surface area contributed by atoms with Gasteiger partial charge in [-0.3, -0.25) is 19.6 Å². The van der Waals surface area contributed by atoms with Crippen molar-refractivity contribution in [2.45, 2.75) is 95.7 Å². The van der Waals surface area contributed by atoms with Gasteiger partial charge in [0.25, 0.3) is 0 Å². The zero-order chi connectivity index (χ0) is 32.4. The lowest BCUT2D eigenvalue weighted by molar-refractivity contribution is -0.128. The van der Waals surface area contributed by atoms with Crippen molar-refractivity contribution in [3.63, 3.8) is 0 Å². The first-order valence-corrected chi connectivity index (χ1v) is 16.5. The van der Waals surface area contributed by atoms with Crippen molar-refractivity contribution in [2.75, 3.05) is 32.9 Å². The summed E-state index contributed by atoms with van der Waals surface area (Å²) in [5.74, 6) is -0.848. The van der Waals surface area contributed by atoms with E-state index in [2.05, 4.69) is 16.3 Å². The van der Waals surface area contributed by atoms with Gasteiger partial charge >= 0.3 is 6.09 Å². The van der Waals surface area contributed by atoms with Gasteiger partial charge in [-0.25, -0.2) is 9.18 Å². The molecule has 2 unspecified atom stereocenters. The van der Waals surface area contributed by atoms with Crippen LogP contribution in [0.1, 0.15) is 63.3 Å². The quantitative estimate of drug-likeness (QED) is 0.498. The molecule has 2 aromatic rings. The maximum Gasteiger partial charge on any atom is 0.411 e. The van der Waals surface area contributed by atoms with Crippen LogP contribution in [0.3, 0.4) is 0 Å². The van der Waals surface area contributed by atoms with Gasteiger partial charge in [0.1, 0.15) is 23.5 Å². The molecule has 10 nitrogen and oxygen atoms in total. The summed E-state index contributed by atoms with van der Waals surface area (Å²) in [6.07, 6.45) is 3.66. The Balaban J connectivity index is 1.11. The van der Waals surface area contributed by atoms with E-state index in [0.29, 0.717) is 36.1 Å². The minimum absolute atomic E-state index is 0.000897. The molecule has 4 aliphatic rings. The predicted octanol–water partition coefficient (Wildman–Crippen LogP) is 4.39. The topological polar surface area (TPSA) is 117 Å². The smallest absolute Gasteiger partial charge is 0.411 e. The first-order chi connectivity index (χ1) is 22.1. The highest BCUT2D eigenvalue weighted by Crippen LogP contribution is 2.43. The number of aromatic nitrogens is 1. The number of benzene rings is 1. The van der Waals surface area contributed by atoms with Crippen LogP contribution < -0.4 is 5.32 Å². The highest BCUT2D eigenvalue weighted by molar-refractivity contribution is 5.87. The fourth-order valence-electron chi connectivity index (χ4n) is 7.14. The van der Waals surface area contributed by atoms with Crippen molar-refractivity contribution in [3.05, 3.63) is 53.0 Å². The number of ether oxygens (including phenoxy) is 3. The number of fused-ring (bicyclic) bond motifs is 3. The highest BCUT2D eigenvalue weighted by atomic mass is 19.1. The third-order valence-corrected chi connectivity index (χ3v) is 9.55. The van der Waals surface area contributed by atoms with Crippen LogP contribution in [-0.2, 0) is 38.5 Å². The number of amides is 2. The summed E-state index contributed by atoms with van der Waals surface area (Å²) in [6, 6.07) is 9.67. The Bertz CT molecular complexity index is 1480. The van der Waals surface area contributed by atoms with Gasteiger partial charge in [0.05, 0.1) is 44.2 Å². The molecule has 1 aliphatic carbocycles. The Labute approximate surface area is 270 Å². The van der Waals surface area contributed by atoms with Crippen molar-refractivity contribution in [3.8, 4) is 17.3 Å². The SMILES string of the molecule is CC(C)(C)OC(=O)N1C2CCC(C2)[C@H]1C(=O)N[C@H](C#N)Cc1ccc(-c2ccc3c(n2)CCCN(C2COC2)CCOC3)cc1F. The molecule has 1 aromatic carbocycles. The molecule has 246 valence electrons. The molecular weight excluding hydrogens is 589 g/mol. The molecule has 6 rings (SSSR count). The predicted molar refractivity (Wildman–Crippen MR) is 168 cm³/mol. The molecule has 2 saturated heterocycles. The van der Waals surface area contributed by atoms with Gasteiger partial charge in [0.15, 0.2) is 0 Å². The number of rotatable bonds is 6. The van der Waals surface area contributed by atoms with Crippen LogP contribution in [0.5, 0.6) is 0 Å². The van der Waals surface area contributed by atoms with Crippen LogP contribution in [-0.4, -0.2) is 89.5 Å². The number of nitriles is 1. The van der Waals surface area contributed by atoms with Crippen LogP contribution in [0.25, 0.3) is 11.3 Å². The standard InChI is InChI=1S/C35H44FN5O5/c1-35(2,3)46-34(43)41-27-10-8-24(16-27)32(41)33(42)38-26(18-37)15-22-6-7-23(17-29(22)36)31-11-9-25-19-44-14-13-40(28-20-45-21-28)12-4-5-30(25)39-31/h6-7,9,11,17,24,26-28,32H,4-5,8,10,12-16,19-21H2,1-3H3,(H,38,42)/t24?,26-,27?,32-/m0/s1. The molecule has 4 atom stereocenters. The summed E-state index contributed by atoms with van der Waals surface area (Å²) in [6.45, 7) is 9.91. The maximum atomic E-state index is 15.5. The third kappa shape index (κ3) is 7.19. The molecule has 4 heterocycles. The molecule has 46 heavy (non-hydrogen) atoms. The third-order valence-electron chi connectivity index (χ3n) is 9.55. The van der Waals surface area contributed by atoms with Gasteiger partial charge < -0.3 is 19.5 Å². The normalized spacial score (nSPS) is 24.4. The van der Waals surface area contributed by atoms with Crippen LogP contribution >= 0.6 is 0 Å². The minimum atomic E-state index is -0.957. The highest BCUT2D eigenvalue weighted by Gasteiger charge is 2.52. The lowest BCUT2D eigenvalue weighted by Crippen LogP contribution is -2.55. The van der Waals surface area contributed by atoms with Crippen LogP contribution in [0.2, 0.25) is 0 Å². The molecule has 2 amide bonds. The Kier molecular flexibility index (Phi) is 9.59. The lowest BCUT2D eigenvalue weighted by Gasteiger charge is -2.37. The summed E-state index contributed by atoms with van der Waals surface area (Å²) in [7, 11) is 0. The maximum absolute atomic E-state index is 15.5. The Hall–Kier alpha value is -3.59. The number of nitrogens with one attached hydrogen (secondary N) is 1. The number of carbonyl (C=O) groups is 2. The molecule has 1 N–H and O–H groups in total. The van der Waals surface area contributed by atoms with Crippen LogP contribution in [0.15, 0.2) is 30.3 Å². The summed E-state index contributed by atoms with van der Waals surface area (Å²) in [5.41, 5.74) is 2.96. The summed E-state index contributed by atoms with van der Waals surface area (Å²) >= 11 is 0. The number of hydrogen-bond acceptors (Lipinski definition) is 8. The number of likely N-dealkylation sites (tertiary alicyclic amines) is 1.